The molecule has 1 atom stereocenters. The molecule has 1 aliphatic heterocycles. The summed E-state index contributed by atoms with van der Waals surface area (Å²) in [6, 6.07) is 8.55. The normalized spacial score (nSPS) is 16.8. The maximum atomic E-state index is 12.4. The molecule has 0 saturated carbocycles. The van der Waals surface area contributed by atoms with Crippen molar-refractivity contribution in [3.63, 3.8) is 0 Å². The number of rotatable bonds is 3. The second kappa shape index (κ2) is 5.21. The highest BCUT2D eigenvalue weighted by molar-refractivity contribution is 5.27. The Labute approximate surface area is 121 Å². The van der Waals surface area contributed by atoms with Crippen LogP contribution in [0.15, 0.2) is 39.9 Å². The first-order chi connectivity index (χ1) is 10.1. The van der Waals surface area contributed by atoms with Gasteiger partial charge in [0.15, 0.2) is 0 Å². The van der Waals surface area contributed by atoms with Crippen molar-refractivity contribution >= 4 is 0 Å². The van der Waals surface area contributed by atoms with Gasteiger partial charge in [-0.25, -0.2) is 4.79 Å². The third-order valence-electron chi connectivity index (χ3n) is 3.85. The van der Waals surface area contributed by atoms with Crippen LogP contribution in [0.4, 0.5) is 0 Å². The predicted molar refractivity (Wildman–Crippen MR) is 78.6 cm³/mol. The van der Waals surface area contributed by atoms with Gasteiger partial charge in [0.05, 0.1) is 13.7 Å². The molecule has 1 aromatic heterocycles. The highest BCUT2D eigenvalue weighted by atomic mass is 16.5. The second-order valence-electron chi connectivity index (χ2n) is 5.17. The van der Waals surface area contributed by atoms with Gasteiger partial charge in [0.25, 0.3) is 5.56 Å². The lowest BCUT2D eigenvalue weighted by Crippen LogP contribution is -2.40. The summed E-state index contributed by atoms with van der Waals surface area (Å²) < 4.78 is 7.92. The Morgan fingerprint density at radius 2 is 2.00 bits per heavy atom. The number of methoxy groups -OCH3 is 1. The second-order valence-corrected chi connectivity index (χ2v) is 5.17. The molecule has 1 aliphatic rings. The fraction of sp³-hybridized carbons (Fsp3) is 0.333. The molecule has 2 aromatic rings. The summed E-state index contributed by atoms with van der Waals surface area (Å²) >= 11 is 0. The van der Waals surface area contributed by atoms with Gasteiger partial charge in [0.1, 0.15) is 5.75 Å². The van der Waals surface area contributed by atoms with Gasteiger partial charge in [0, 0.05) is 24.3 Å². The van der Waals surface area contributed by atoms with E-state index in [4.69, 9.17) is 10.5 Å². The van der Waals surface area contributed by atoms with E-state index in [1.165, 1.54) is 10.6 Å². The van der Waals surface area contributed by atoms with Crippen LogP contribution in [0.25, 0.3) is 0 Å². The molecule has 110 valence electrons. The van der Waals surface area contributed by atoms with E-state index in [1.807, 2.05) is 12.1 Å². The monoisotopic (exact) mass is 287 g/mol. The molecule has 0 spiro atoms. The van der Waals surface area contributed by atoms with Gasteiger partial charge in [0.2, 0.25) is 0 Å². The van der Waals surface area contributed by atoms with E-state index in [9.17, 15) is 9.59 Å². The standard InChI is InChI=1S/C15H17N3O3/c1-21-11-4-2-10(3-5-11)9-18-14(19)8-13-12(16)6-7-17(13)15(18)20/h2-5,8,12H,6-7,9,16H2,1H3. The van der Waals surface area contributed by atoms with Crippen molar-refractivity contribution in [3.05, 3.63) is 62.4 Å². The lowest BCUT2D eigenvalue weighted by atomic mass is 10.2. The van der Waals surface area contributed by atoms with Crippen molar-refractivity contribution in [2.24, 2.45) is 5.73 Å². The number of ether oxygens (including phenoxy) is 1. The number of fused-ring (bicyclic) bond motifs is 1. The molecule has 0 saturated heterocycles. The molecule has 1 aromatic carbocycles. The minimum Gasteiger partial charge on any atom is -0.497 e. The van der Waals surface area contributed by atoms with Gasteiger partial charge in [-0.3, -0.25) is 13.9 Å². The van der Waals surface area contributed by atoms with Crippen LogP contribution in [-0.4, -0.2) is 16.2 Å². The van der Waals surface area contributed by atoms with Crippen molar-refractivity contribution in [1.29, 1.82) is 0 Å². The van der Waals surface area contributed by atoms with E-state index >= 15 is 0 Å². The Morgan fingerprint density at radius 1 is 1.29 bits per heavy atom. The summed E-state index contributed by atoms with van der Waals surface area (Å²) in [6.45, 7) is 0.815. The Bertz CT molecular complexity index is 774. The van der Waals surface area contributed by atoms with Crippen LogP contribution in [0.5, 0.6) is 5.75 Å². The van der Waals surface area contributed by atoms with Gasteiger partial charge >= 0.3 is 5.69 Å². The molecule has 6 heteroatoms. The molecule has 2 N–H and O–H groups in total. The van der Waals surface area contributed by atoms with Crippen molar-refractivity contribution in [3.8, 4) is 5.75 Å². The van der Waals surface area contributed by atoms with Crippen molar-refractivity contribution < 1.29 is 4.74 Å². The summed E-state index contributed by atoms with van der Waals surface area (Å²) in [5.74, 6) is 0.739. The minimum absolute atomic E-state index is 0.221. The summed E-state index contributed by atoms with van der Waals surface area (Å²) in [5, 5.41) is 0. The van der Waals surface area contributed by atoms with E-state index < -0.39 is 0 Å². The average molecular weight is 287 g/mol. The largest absolute Gasteiger partial charge is 0.497 e. The maximum absolute atomic E-state index is 12.4. The van der Waals surface area contributed by atoms with E-state index in [2.05, 4.69) is 0 Å². The molecular formula is C15H17N3O3. The third-order valence-corrected chi connectivity index (χ3v) is 3.85. The lowest BCUT2D eigenvalue weighted by molar-refractivity contribution is 0.414. The summed E-state index contributed by atoms with van der Waals surface area (Å²) in [6.07, 6.45) is 0.696. The Morgan fingerprint density at radius 3 is 2.67 bits per heavy atom. The fourth-order valence-electron chi connectivity index (χ4n) is 2.64. The molecule has 0 aliphatic carbocycles. The average Bonchev–Trinajstić information content (AvgIpc) is 2.86. The van der Waals surface area contributed by atoms with Gasteiger partial charge in [-0.1, -0.05) is 12.1 Å². The highest BCUT2D eigenvalue weighted by Gasteiger charge is 2.22. The molecular weight excluding hydrogens is 270 g/mol. The summed E-state index contributed by atoms with van der Waals surface area (Å²) in [4.78, 5) is 24.5. The topological polar surface area (TPSA) is 79.2 Å². The Hall–Kier alpha value is -2.34. The Balaban J connectivity index is 1.99. The lowest BCUT2D eigenvalue weighted by Gasteiger charge is -2.10. The fourth-order valence-corrected chi connectivity index (χ4v) is 2.64. The van der Waals surface area contributed by atoms with E-state index in [0.717, 1.165) is 11.3 Å². The molecule has 1 unspecified atom stereocenters. The molecule has 3 rings (SSSR count). The molecule has 2 heterocycles. The van der Waals surface area contributed by atoms with Crippen LogP contribution >= 0.6 is 0 Å². The first kappa shape index (κ1) is 13.6. The van der Waals surface area contributed by atoms with Crippen LogP contribution in [0.1, 0.15) is 23.7 Å². The molecule has 21 heavy (non-hydrogen) atoms. The predicted octanol–water partition coefficient (Wildman–Crippen LogP) is 0.470. The molecule has 0 amide bonds. The number of hydrogen-bond acceptors (Lipinski definition) is 4. The van der Waals surface area contributed by atoms with Crippen LogP contribution < -0.4 is 21.7 Å². The zero-order valence-electron chi connectivity index (χ0n) is 11.8. The van der Waals surface area contributed by atoms with E-state index in [-0.39, 0.29) is 23.8 Å². The summed E-state index contributed by atoms with van der Waals surface area (Å²) in [5.41, 5.74) is 6.81. The number of benzene rings is 1. The zero-order chi connectivity index (χ0) is 15.0. The van der Waals surface area contributed by atoms with Crippen LogP contribution in [0, 0.1) is 0 Å². The third kappa shape index (κ3) is 2.38. The van der Waals surface area contributed by atoms with Gasteiger partial charge in [-0.15, -0.1) is 0 Å². The van der Waals surface area contributed by atoms with E-state index in [0.29, 0.717) is 18.7 Å². The molecule has 0 radical (unpaired) electrons. The van der Waals surface area contributed by atoms with Crippen molar-refractivity contribution in [2.75, 3.05) is 7.11 Å². The van der Waals surface area contributed by atoms with Crippen LogP contribution in [-0.2, 0) is 13.1 Å². The summed E-state index contributed by atoms with van der Waals surface area (Å²) in [7, 11) is 1.59. The van der Waals surface area contributed by atoms with Crippen LogP contribution in [0.3, 0.4) is 0 Å². The minimum atomic E-state index is -0.306. The van der Waals surface area contributed by atoms with Gasteiger partial charge in [-0.2, -0.15) is 0 Å². The number of aromatic nitrogens is 2. The zero-order valence-corrected chi connectivity index (χ0v) is 11.8. The van der Waals surface area contributed by atoms with Gasteiger partial charge in [-0.05, 0) is 24.1 Å². The number of hydrogen-bond donors (Lipinski definition) is 1. The number of nitrogens with two attached hydrogens (primary N) is 1. The van der Waals surface area contributed by atoms with E-state index in [1.54, 1.807) is 23.8 Å². The SMILES string of the molecule is COc1ccc(Cn2c(=O)cc3n(c2=O)CCC3N)cc1. The van der Waals surface area contributed by atoms with Crippen molar-refractivity contribution in [2.45, 2.75) is 25.6 Å². The molecule has 6 nitrogen and oxygen atoms in total. The van der Waals surface area contributed by atoms with Crippen molar-refractivity contribution in [1.82, 2.24) is 9.13 Å². The highest BCUT2D eigenvalue weighted by Crippen LogP contribution is 2.19. The van der Waals surface area contributed by atoms with Crippen LogP contribution in [0.2, 0.25) is 0 Å². The number of nitrogens with zero attached hydrogens (tertiary/aromatic N) is 2. The molecule has 0 bridgehead atoms. The molecule has 0 fully saturated rings. The quantitative estimate of drug-likeness (QED) is 0.890. The Kier molecular flexibility index (Phi) is 3.39. The smallest absolute Gasteiger partial charge is 0.331 e. The first-order valence-electron chi connectivity index (χ1n) is 6.83. The maximum Gasteiger partial charge on any atom is 0.331 e. The first-order valence-corrected chi connectivity index (χ1v) is 6.83. The van der Waals surface area contributed by atoms with Gasteiger partial charge < -0.3 is 10.5 Å².